The van der Waals surface area contributed by atoms with Crippen molar-refractivity contribution in [2.75, 3.05) is 11.9 Å². The van der Waals surface area contributed by atoms with E-state index in [2.05, 4.69) is 20.6 Å². The Hall–Kier alpha value is -3.62. The lowest BCUT2D eigenvalue weighted by Crippen LogP contribution is -2.36. The van der Waals surface area contributed by atoms with Crippen LogP contribution in [0.15, 0.2) is 42.7 Å². The van der Waals surface area contributed by atoms with Gasteiger partial charge in [-0.1, -0.05) is 12.1 Å². The van der Waals surface area contributed by atoms with Gasteiger partial charge in [0.1, 0.15) is 12.9 Å². The molecule has 26 heavy (non-hydrogen) atoms. The Bertz CT molecular complexity index is 1010. The Morgan fingerprint density at radius 2 is 1.92 bits per heavy atom. The number of likely N-dealkylation sites (tertiary alicyclic amines) is 1. The zero-order valence-electron chi connectivity index (χ0n) is 13.6. The summed E-state index contributed by atoms with van der Waals surface area (Å²) in [6.45, 7) is -0.271. The van der Waals surface area contributed by atoms with Crippen LogP contribution in [0.25, 0.3) is 16.9 Å². The fourth-order valence-electron chi connectivity index (χ4n) is 2.78. The van der Waals surface area contributed by atoms with Gasteiger partial charge in [0.2, 0.25) is 17.7 Å². The van der Waals surface area contributed by atoms with Crippen molar-refractivity contribution in [1.82, 2.24) is 24.7 Å². The molecule has 0 atom stereocenters. The number of amides is 3. The molecule has 9 nitrogen and oxygen atoms in total. The van der Waals surface area contributed by atoms with Crippen LogP contribution < -0.4 is 5.32 Å². The molecule has 2 aromatic heterocycles. The van der Waals surface area contributed by atoms with Gasteiger partial charge in [-0.25, -0.2) is 0 Å². The summed E-state index contributed by atoms with van der Waals surface area (Å²) in [5.74, 6) is -1.05. The third kappa shape index (κ3) is 3.02. The predicted molar refractivity (Wildman–Crippen MR) is 90.8 cm³/mol. The smallest absolute Gasteiger partial charge is 0.244 e. The zero-order valence-corrected chi connectivity index (χ0v) is 13.6. The number of carbonyl (C=O) groups excluding carboxylic acids is 3. The molecule has 1 saturated heterocycles. The van der Waals surface area contributed by atoms with E-state index >= 15 is 0 Å². The average molecular weight is 350 g/mol. The van der Waals surface area contributed by atoms with Crippen LogP contribution in [0.3, 0.4) is 0 Å². The normalized spacial score (nSPS) is 14.2. The highest BCUT2D eigenvalue weighted by atomic mass is 16.2. The number of carbonyl (C=O) groups is 3. The number of nitrogens with zero attached hydrogens (tertiary/aromatic N) is 5. The molecule has 1 aliphatic rings. The van der Waals surface area contributed by atoms with Crippen LogP contribution in [-0.4, -0.2) is 49.0 Å². The first kappa shape index (κ1) is 15.9. The molecule has 1 fully saturated rings. The van der Waals surface area contributed by atoms with E-state index in [0.717, 1.165) is 10.5 Å². The second-order valence-corrected chi connectivity index (χ2v) is 5.85. The first-order valence-corrected chi connectivity index (χ1v) is 8.01. The monoisotopic (exact) mass is 350 g/mol. The molecular formula is C17H14N6O3. The van der Waals surface area contributed by atoms with Gasteiger partial charge in [0, 0.05) is 24.1 Å². The summed E-state index contributed by atoms with van der Waals surface area (Å²) in [6.07, 6.45) is 1.84. The second kappa shape index (κ2) is 6.36. The van der Waals surface area contributed by atoms with Crippen molar-refractivity contribution in [3.8, 4) is 11.3 Å². The van der Waals surface area contributed by atoms with Crippen LogP contribution in [0, 0.1) is 0 Å². The van der Waals surface area contributed by atoms with Gasteiger partial charge in [-0.15, -0.1) is 10.2 Å². The van der Waals surface area contributed by atoms with Crippen LogP contribution in [0.2, 0.25) is 0 Å². The highest BCUT2D eigenvalue weighted by molar-refractivity contribution is 6.06. The molecule has 130 valence electrons. The fourth-order valence-corrected chi connectivity index (χ4v) is 2.78. The minimum absolute atomic E-state index is 0.166. The van der Waals surface area contributed by atoms with Crippen LogP contribution in [0.4, 0.5) is 5.69 Å². The van der Waals surface area contributed by atoms with Crippen molar-refractivity contribution < 1.29 is 14.4 Å². The standard InChI is InChI=1S/C17H14N6O3/c24-15(9-22-16(25)6-7-17(22)26)19-12-3-1-2-11(8-12)13-4-5-14-20-18-10-23(14)21-13/h1-5,8,10H,6-7,9H2,(H,19,24). The van der Waals surface area contributed by atoms with E-state index in [1.54, 1.807) is 28.8 Å². The van der Waals surface area contributed by atoms with Gasteiger partial charge in [-0.05, 0) is 24.3 Å². The SMILES string of the molecule is O=C(CN1C(=O)CCC1=O)Nc1cccc(-c2ccc3nncn3n2)c1. The Kier molecular flexibility index (Phi) is 3.88. The van der Waals surface area contributed by atoms with Gasteiger partial charge in [-0.3, -0.25) is 19.3 Å². The summed E-state index contributed by atoms with van der Waals surface area (Å²) in [7, 11) is 0. The second-order valence-electron chi connectivity index (χ2n) is 5.85. The van der Waals surface area contributed by atoms with E-state index in [9.17, 15) is 14.4 Å². The maximum atomic E-state index is 12.2. The molecule has 4 rings (SSSR count). The van der Waals surface area contributed by atoms with Crippen molar-refractivity contribution in [2.24, 2.45) is 0 Å². The molecule has 1 N–H and O–H groups in total. The molecular weight excluding hydrogens is 336 g/mol. The minimum atomic E-state index is -0.423. The van der Waals surface area contributed by atoms with Gasteiger partial charge in [0.05, 0.1) is 5.69 Å². The van der Waals surface area contributed by atoms with E-state index in [0.29, 0.717) is 17.0 Å². The molecule has 1 aliphatic heterocycles. The van der Waals surface area contributed by atoms with E-state index < -0.39 is 5.91 Å². The summed E-state index contributed by atoms with van der Waals surface area (Å²) >= 11 is 0. The Morgan fingerprint density at radius 1 is 1.12 bits per heavy atom. The number of hydrogen-bond acceptors (Lipinski definition) is 6. The summed E-state index contributed by atoms with van der Waals surface area (Å²) in [4.78, 5) is 36.3. The van der Waals surface area contributed by atoms with Crippen LogP contribution >= 0.6 is 0 Å². The molecule has 0 aliphatic carbocycles. The van der Waals surface area contributed by atoms with E-state index in [1.807, 2.05) is 12.1 Å². The lowest BCUT2D eigenvalue weighted by atomic mass is 10.1. The van der Waals surface area contributed by atoms with Crippen molar-refractivity contribution in [2.45, 2.75) is 12.8 Å². The molecule has 0 spiro atoms. The maximum absolute atomic E-state index is 12.2. The van der Waals surface area contributed by atoms with E-state index in [-0.39, 0.29) is 31.2 Å². The fraction of sp³-hybridized carbons (Fsp3) is 0.176. The molecule has 3 heterocycles. The zero-order chi connectivity index (χ0) is 18.1. The number of fused-ring (bicyclic) bond motifs is 1. The lowest BCUT2D eigenvalue weighted by Gasteiger charge is -2.13. The number of nitrogens with one attached hydrogen (secondary N) is 1. The van der Waals surface area contributed by atoms with Gasteiger partial charge < -0.3 is 5.32 Å². The van der Waals surface area contributed by atoms with Gasteiger partial charge >= 0.3 is 0 Å². The lowest BCUT2D eigenvalue weighted by molar-refractivity contribution is -0.141. The number of anilines is 1. The molecule has 0 saturated carbocycles. The third-order valence-electron chi connectivity index (χ3n) is 4.06. The molecule has 0 radical (unpaired) electrons. The Morgan fingerprint density at radius 3 is 2.73 bits per heavy atom. The number of aromatic nitrogens is 4. The van der Waals surface area contributed by atoms with Gasteiger partial charge in [-0.2, -0.15) is 9.61 Å². The van der Waals surface area contributed by atoms with Gasteiger partial charge in [0.25, 0.3) is 0 Å². The molecule has 0 unspecified atom stereocenters. The molecule has 9 heteroatoms. The first-order chi connectivity index (χ1) is 12.6. The third-order valence-corrected chi connectivity index (χ3v) is 4.06. The number of benzene rings is 1. The van der Waals surface area contributed by atoms with E-state index in [1.165, 1.54) is 6.33 Å². The average Bonchev–Trinajstić information content (AvgIpc) is 3.23. The number of imide groups is 1. The molecule has 0 bridgehead atoms. The largest absolute Gasteiger partial charge is 0.325 e. The Labute approximate surface area is 147 Å². The number of rotatable bonds is 4. The van der Waals surface area contributed by atoms with Crippen LogP contribution in [-0.2, 0) is 14.4 Å². The predicted octanol–water partition coefficient (Wildman–Crippen LogP) is 0.879. The Balaban J connectivity index is 1.51. The van der Waals surface area contributed by atoms with Crippen LogP contribution in [0.1, 0.15) is 12.8 Å². The highest BCUT2D eigenvalue weighted by Gasteiger charge is 2.30. The minimum Gasteiger partial charge on any atom is -0.325 e. The van der Waals surface area contributed by atoms with Crippen molar-refractivity contribution in [3.05, 3.63) is 42.7 Å². The van der Waals surface area contributed by atoms with Crippen LogP contribution in [0.5, 0.6) is 0 Å². The highest BCUT2D eigenvalue weighted by Crippen LogP contribution is 2.21. The van der Waals surface area contributed by atoms with E-state index in [4.69, 9.17) is 0 Å². The summed E-state index contributed by atoms with van der Waals surface area (Å²) in [5.41, 5.74) is 2.68. The first-order valence-electron chi connectivity index (χ1n) is 8.01. The summed E-state index contributed by atoms with van der Waals surface area (Å²) in [5, 5.41) is 14.8. The maximum Gasteiger partial charge on any atom is 0.244 e. The topological polar surface area (TPSA) is 110 Å². The summed E-state index contributed by atoms with van der Waals surface area (Å²) < 4.78 is 1.56. The molecule has 1 aromatic carbocycles. The van der Waals surface area contributed by atoms with Crippen molar-refractivity contribution >= 4 is 29.1 Å². The summed E-state index contributed by atoms with van der Waals surface area (Å²) in [6, 6.07) is 10.8. The molecule has 3 amide bonds. The number of hydrogen-bond donors (Lipinski definition) is 1. The van der Waals surface area contributed by atoms with Crippen molar-refractivity contribution in [1.29, 1.82) is 0 Å². The van der Waals surface area contributed by atoms with Gasteiger partial charge in [0.15, 0.2) is 5.65 Å². The van der Waals surface area contributed by atoms with Crippen molar-refractivity contribution in [3.63, 3.8) is 0 Å². The molecule has 3 aromatic rings. The quantitative estimate of drug-likeness (QED) is 0.700.